The molecule has 0 spiro atoms. The van der Waals surface area contributed by atoms with Crippen molar-refractivity contribution in [1.82, 2.24) is 62.4 Å². The number of aromatic amines is 2. The number of hydrogen-bond donors (Lipinski definition) is 14. The summed E-state index contributed by atoms with van der Waals surface area (Å²) in [6.45, 7) is -0.318. The molecule has 0 saturated carbocycles. The minimum atomic E-state index is -2.01. The van der Waals surface area contributed by atoms with Crippen molar-refractivity contribution in [2.75, 3.05) is 31.1 Å². The largest absolute Gasteiger partial charge is 0.508 e. The SMILES string of the molecule is NCCCC[C@@H]1NC(=O)CCSCc2cccc(c2)CSC[C@@H](C(N)=O)NC(=O)[C@@H]2CCCN2C(=O)[C@H](Cc2ccc(O)cc2)NC(=O)[C@H](Cc2cnc[nH]2)NC(=O)[C@H](CC(=O)O)NC(=O)[C@H](Cc2c[nH]c3ccc(F)cc23)NC(=O)[C@H](Cc2ccc(-c3ccccc3)cc2)NC(=O)CNC1=O. The number of amides is 10. The Balaban J connectivity index is 1.05. The predicted molar refractivity (Wildman–Crippen MR) is 381 cm³/mol. The molecule has 1 saturated heterocycles. The summed E-state index contributed by atoms with van der Waals surface area (Å²) in [7, 11) is 0. The fourth-order valence-electron chi connectivity index (χ4n) is 12.0. The number of aliphatic carboxylic acids is 1. The van der Waals surface area contributed by atoms with Crippen molar-refractivity contribution in [3.05, 3.63) is 179 Å². The zero-order valence-electron chi connectivity index (χ0n) is 55.8. The van der Waals surface area contributed by atoms with Crippen LogP contribution in [0.3, 0.4) is 0 Å². The van der Waals surface area contributed by atoms with Crippen LogP contribution in [0.2, 0.25) is 0 Å². The topological polar surface area (TPSA) is 424 Å². The molecule has 5 aromatic carbocycles. The van der Waals surface area contributed by atoms with Crippen LogP contribution in [0.1, 0.15) is 78.5 Å². The number of phenolic OH excluding ortho intramolecular Hbond substituents is 1. The number of nitrogens with one attached hydrogen (secondary N) is 10. The Morgan fingerprint density at radius 1 is 0.618 bits per heavy atom. The van der Waals surface area contributed by atoms with E-state index in [4.69, 9.17) is 11.5 Å². The molecule has 2 aliphatic heterocycles. The third-order valence-corrected chi connectivity index (χ3v) is 19.5. The van der Waals surface area contributed by atoms with Crippen molar-refractivity contribution in [1.29, 1.82) is 0 Å². The number of aromatic nitrogens is 3. The Morgan fingerprint density at radius 2 is 1.25 bits per heavy atom. The van der Waals surface area contributed by atoms with Gasteiger partial charge in [0.15, 0.2) is 0 Å². The van der Waals surface area contributed by atoms with Crippen LogP contribution in [0.15, 0.2) is 140 Å². The molecule has 27 nitrogen and oxygen atoms in total. The molecule has 538 valence electrons. The molecule has 2 aliphatic rings. The Labute approximate surface area is 595 Å². The number of benzene rings is 5. The second-order valence-electron chi connectivity index (χ2n) is 25.0. The van der Waals surface area contributed by atoms with Crippen LogP contribution < -0.4 is 54.0 Å². The third kappa shape index (κ3) is 22.2. The van der Waals surface area contributed by atoms with E-state index in [0.29, 0.717) is 65.1 Å². The first-order valence-corrected chi connectivity index (χ1v) is 35.8. The second-order valence-corrected chi connectivity index (χ2v) is 27.1. The van der Waals surface area contributed by atoms with Crippen LogP contribution >= 0.6 is 23.5 Å². The first kappa shape index (κ1) is 75.6. The number of carboxylic acid groups (broad SMARTS) is 1. The first-order valence-electron chi connectivity index (χ1n) is 33.4. The van der Waals surface area contributed by atoms with Gasteiger partial charge in [0.1, 0.15) is 59.9 Å². The highest BCUT2D eigenvalue weighted by atomic mass is 32.2. The number of H-pyrrole nitrogens is 2. The van der Waals surface area contributed by atoms with Gasteiger partial charge < -0.3 is 79.1 Å². The van der Waals surface area contributed by atoms with Crippen molar-refractivity contribution in [2.24, 2.45) is 11.5 Å². The molecule has 0 radical (unpaired) electrons. The molecule has 102 heavy (non-hydrogen) atoms. The lowest BCUT2D eigenvalue weighted by Gasteiger charge is -2.31. The van der Waals surface area contributed by atoms with Crippen LogP contribution in [-0.4, -0.2) is 175 Å². The van der Waals surface area contributed by atoms with Crippen LogP contribution in [0.25, 0.3) is 22.0 Å². The maximum Gasteiger partial charge on any atom is 0.305 e. The van der Waals surface area contributed by atoms with Gasteiger partial charge in [0.05, 0.1) is 19.3 Å². The monoisotopic (exact) mass is 1430 g/mol. The highest BCUT2D eigenvalue weighted by Crippen LogP contribution is 2.26. The van der Waals surface area contributed by atoms with E-state index in [1.807, 2.05) is 66.7 Å². The van der Waals surface area contributed by atoms with Crippen molar-refractivity contribution in [3.63, 3.8) is 0 Å². The molecule has 30 heteroatoms. The van der Waals surface area contributed by atoms with Gasteiger partial charge in [-0.05, 0) is 108 Å². The summed E-state index contributed by atoms with van der Waals surface area (Å²) in [5, 5.41) is 42.1. The summed E-state index contributed by atoms with van der Waals surface area (Å²) in [5.74, 6) is -9.50. The molecule has 0 aliphatic carbocycles. The van der Waals surface area contributed by atoms with E-state index in [1.54, 1.807) is 12.1 Å². The Morgan fingerprint density at radius 3 is 1.92 bits per heavy atom. The molecule has 8 atom stereocenters. The molecule has 4 heterocycles. The van der Waals surface area contributed by atoms with Crippen LogP contribution in [0.5, 0.6) is 5.75 Å². The fourth-order valence-corrected chi connectivity index (χ4v) is 13.9. The van der Waals surface area contributed by atoms with Crippen LogP contribution in [-0.2, 0) is 89.9 Å². The third-order valence-electron chi connectivity index (χ3n) is 17.4. The maximum absolute atomic E-state index is 15.1. The lowest BCUT2D eigenvalue weighted by atomic mass is 9.99. The van der Waals surface area contributed by atoms with Gasteiger partial charge in [-0.25, -0.2) is 9.37 Å². The van der Waals surface area contributed by atoms with E-state index in [1.165, 1.54) is 89.6 Å². The van der Waals surface area contributed by atoms with Crippen molar-refractivity contribution < 1.29 is 67.3 Å². The number of halogens is 1. The highest BCUT2D eigenvalue weighted by Gasteiger charge is 2.41. The van der Waals surface area contributed by atoms with E-state index in [9.17, 15) is 53.0 Å². The number of nitrogens with zero attached hydrogens (tertiary/aromatic N) is 2. The number of carboxylic acids is 1. The van der Waals surface area contributed by atoms with Gasteiger partial charge >= 0.3 is 5.97 Å². The van der Waals surface area contributed by atoms with Crippen molar-refractivity contribution >= 4 is 99.5 Å². The number of unbranched alkanes of at least 4 members (excludes halogenated alkanes) is 1. The molecule has 2 bridgehead atoms. The summed E-state index contributed by atoms with van der Waals surface area (Å²) >= 11 is 2.82. The molecule has 1 fully saturated rings. The van der Waals surface area contributed by atoms with Gasteiger partial charge in [0.2, 0.25) is 59.1 Å². The Bertz CT molecular complexity index is 4090. The average Bonchev–Trinajstić information content (AvgIpc) is 1.62. The minimum Gasteiger partial charge on any atom is -0.508 e. The van der Waals surface area contributed by atoms with Crippen molar-refractivity contribution in [3.8, 4) is 16.9 Å². The van der Waals surface area contributed by atoms with E-state index in [2.05, 4.69) is 57.5 Å². The quantitative estimate of drug-likeness (QED) is 0.0619. The molecule has 7 aromatic rings. The molecule has 0 unspecified atom stereocenters. The lowest BCUT2D eigenvalue weighted by molar-refractivity contribution is -0.143. The first-order chi connectivity index (χ1) is 49.2. The summed E-state index contributed by atoms with van der Waals surface area (Å²) < 4.78 is 15.0. The summed E-state index contributed by atoms with van der Waals surface area (Å²) in [6, 6.07) is 22.0. The van der Waals surface area contributed by atoms with Gasteiger partial charge in [-0.3, -0.25) is 52.7 Å². The zero-order valence-corrected chi connectivity index (χ0v) is 57.4. The average molecular weight is 1440 g/mol. The lowest BCUT2D eigenvalue weighted by Crippen LogP contribution is -2.61. The summed E-state index contributed by atoms with van der Waals surface area (Å²) in [5.41, 5.74) is 17.2. The van der Waals surface area contributed by atoms with Gasteiger partial charge in [0, 0.05) is 90.7 Å². The summed E-state index contributed by atoms with van der Waals surface area (Å²) in [6.07, 6.45) is 3.51. The summed E-state index contributed by atoms with van der Waals surface area (Å²) in [4.78, 5) is 168. The van der Waals surface area contributed by atoms with E-state index in [0.717, 1.165) is 22.3 Å². The van der Waals surface area contributed by atoms with Gasteiger partial charge in [0.25, 0.3) is 0 Å². The minimum absolute atomic E-state index is 0.0329. The Kier molecular flexibility index (Phi) is 27.6. The Hall–Kier alpha value is -10.6. The van der Waals surface area contributed by atoms with Gasteiger partial charge in [-0.2, -0.15) is 23.5 Å². The standard InChI is InChI=1S/C72H83FN14O13S2/c73-49-20-23-53-52(32-49)48(35-77-53)31-56-68(96)84-58(34-64(91)92)70(98)83-57(33-50-36-76-41-79-50)69(97)85-59(30-43-16-21-51(88)22-17-43)72(100)87-26-7-13-61(87)71(99)86-60(65(75)93)40-102-39-45-9-6-8-44(28-45)38-101-27-24-62(89)80-54(12-4-5-25-74)66(94)78-37-63(90)81-55(67(95)82-56)29-42-14-18-47(19-15-42)46-10-2-1-3-11-46/h1-3,6,8-11,14-23,28,32,35-36,41,54-61,77,88H,4-5,7,12-13,24-27,29-31,33-34,37-40,74H2,(H2,75,93)(H,76,79)(H,78,94)(H,80,89)(H,81,90)(H,82,95)(H,83,98)(H,84,96)(H,85,97)(H,86,99)(H,91,92)/t54-,55-,56-,57-,58-,59-,60-,61-/m0/s1. The maximum atomic E-state index is 15.1. The number of thioether (sulfide) groups is 2. The van der Waals surface area contributed by atoms with E-state index in [-0.39, 0.29) is 67.8 Å². The predicted octanol–water partition coefficient (Wildman–Crippen LogP) is 2.83. The second kappa shape index (κ2) is 37.2. The number of fused-ring (bicyclic) bond motifs is 4. The highest BCUT2D eigenvalue weighted by molar-refractivity contribution is 7.98. The van der Waals surface area contributed by atoms with Crippen LogP contribution in [0, 0.1) is 5.82 Å². The number of aromatic hydroxyl groups is 1. The number of rotatable bonds is 16. The number of carbonyl (C=O) groups excluding carboxylic acids is 10. The van der Waals surface area contributed by atoms with E-state index < -0.39 is 139 Å². The number of imidazole rings is 1. The van der Waals surface area contributed by atoms with Crippen LogP contribution in [0.4, 0.5) is 4.39 Å². The van der Waals surface area contributed by atoms with Gasteiger partial charge in [-0.15, -0.1) is 0 Å². The molecular formula is C72H83FN14O13S2. The number of carbonyl (C=O) groups is 11. The fraction of sp³-hybridized carbons (Fsp3) is 0.361. The molecular weight excluding hydrogens is 1350 g/mol. The van der Waals surface area contributed by atoms with E-state index >= 15 is 14.4 Å². The number of nitrogens with two attached hydrogens (primary N) is 2. The molecule has 10 amide bonds. The normalized spacial score (nSPS) is 21.7. The van der Waals surface area contributed by atoms with Gasteiger partial charge in [-0.1, -0.05) is 91.0 Å². The number of hydrogen-bond acceptors (Lipinski definition) is 16. The smallest absolute Gasteiger partial charge is 0.305 e. The number of primary amides is 1. The van der Waals surface area contributed by atoms with Crippen molar-refractivity contribution in [2.45, 2.75) is 130 Å². The molecule has 16 N–H and O–H groups in total. The number of phenols is 1. The zero-order chi connectivity index (χ0) is 72.7. The molecule has 2 aromatic heterocycles. The molecule has 9 rings (SSSR count).